The topological polar surface area (TPSA) is 82.9 Å². The third-order valence-electron chi connectivity index (χ3n) is 6.39. The molecule has 180 valence electrons. The number of ether oxygens (including phenoxy) is 1. The minimum atomic E-state index is -0.371. The average molecular weight is 476 g/mol. The van der Waals surface area contributed by atoms with Gasteiger partial charge in [-0.25, -0.2) is 0 Å². The van der Waals surface area contributed by atoms with Crippen LogP contribution < -0.4 is 10.1 Å². The summed E-state index contributed by atoms with van der Waals surface area (Å²) in [6.07, 6.45) is 2.86. The zero-order chi connectivity index (χ0) is 23.4. The number of carbonyl (C=O) groups excluding carboxylic acids is 1. The first-order valence-electron chi connectivity index (χ1n) is 11.8. The van der Waals surface area contributed by atoms with Gasteiger partial charge in [0.1, 0.15) is 17.7 Å². The second kappa shape index (κ2) is 10.9. The van der Waals surface area contributed by atoms with Gasteiger partial charge in [-0.2, -0.15) is 5.10 Å². The van der Waals surface area contributed by atoms with E-state index >= 15 is 0 Å². The Hall–Kier alpha value is -2.13. The van der Waals surface area contributed by atoms with Gasteiger partial charge >= 0.3 is 0 Å². The van der Waals surface area contributed by atoms with Crippen molar-refractivity contribution >= 4 is 17.5 Å². The van der Waals surface area contributed by atoms with Gasteiger partial charge in [-0.05, 0) is 49.9 Å². The van der Waals surface area contributed by atoms with Crippen LogP contribution in [0.5, 0.6) is 5.75 Å². The molecule has 0 bridgehead atoms. The van der Waals surface area contributed by atoms with E-state index in [1.165, 1.54) is 0 Å². The standard InChI is InChI=1S/C24H34ClN5O3/c1-17(31)30-11-9-29(10-12-30)8-3-13-33-23-7-4-18(14-20(23)25)16-26-24(32)22-15-21(19-5-6-19)27-28(22)2/h4,7,14-15,17,19,31H,3,5-6,8-13,16H2,1-2H3,(H,26,32). The number of aliphatic hydroxyl groups excluding tert-OH is 1. The summed E-state index contributed by atoms with van der Waals surface area (Å²) in [6, 6.07) is 7.52. The number of aliphatic hydroxyl groups is 1. The fourth-order valence-corrected chi connectivity index (χ4v) is 4.41. The van der Waals surface area contributed by atoms with E-state index in [2.05, 4.69) is 20.2 Å². The molecule has 2 aromatic rings. The van der Waals surface area contributed by atoms with Gasteiger partial charge in [-0.15, -0.1) is 0 Å². The summed E-state index contributed by atoms with van der Waals surface area (Å²) in [5, 5.41) is 17.6. The van der Waals surface area contributed by atoms with E-state index in [0.29, 0.717) is 35.5 Å². The van der Waals surface area contributed by atoms with Crippen molar-refractivity contribution in [2.45, 2.75) is 44.9 Å². The first kappa shape index (κ1) is 24.0. The van der Waals surface area contributed by atoms with Crippen LogP contribution >= 0.6 is 11.6 Å². The number of hydrogen-bond donors (Lipinski definition) is 2. The van der Waals surface area contributed by atoms with Crippen molar-refractivity contribution in [2.75, 3.05) is 39.3 Å². The van der Waals surface area contributed by atoms with Crippen LogP contribution in [0.15, 0.2) is 24.3 Å². The lowest BCUT2D eigenvalue weighted by molar-refractivity contribution is -0.0133. The minimum Gasteiger partial charge on any atom is -0.492 e. The molecule has 2 N–H and O–H groups in total. The smallest absolute Gasteiger partial charge is 0.269 e. The highest BCUT2D eigenvalue weighted by atomic mass is 35.5. The van der Waals surface area contributed by atoms with Gasteiger partial charge in [0.05, 0.1) is 17.3 Å². The lowest BCUT2D eigenvalue weighted by Gasteiger charge is -2.36. The Balaban J connectivity index is 1.18. The second-order valence-corrected chi connectivity index (χ2v) is 9.42. The second-order valence-electron chi connectivity index (χ2n) is 9.01. The molecule has 1 aromatic heterocycles. The molecule has 1 saturated heterocycles. The number of carbonyl (C=O) groups is 1. The van der Waals surface area contributed by atoms with Crippen molar-refractivity contribution in [3.8, 4) is 5.75 Å². The van der Waals surface area contributed by atoms with Gasteiger partial charge in [0.25, 0.3) is 5.91 Å². The molecule has 1 amide bonds. The monoisotopic (exact) mass is 475 g/mol. The van der Waals surface area contributed by atoms with E-state index in [-0.39, 0.29) is 12.1 Å². The van der Waals surface area contributed by atoms with Crippen molar-refractivity contribution in [2.24, 2.45) is 7.05 Å². The maximum atomic E-state index is 12.6. The molecular weight excluding hydrogens is 442 g/mol. The average Bonchev–Trinajstić information content (AvgIpc) is 3.58. The lowest BCUT2D eigenvalue weighted by atomic mass is 10.2. The van der Waals surface area contributed by atoms with Crippen molar-refractivity contribution in [3.63, 3.8) is 0 Å². The molecule has 1 atom stereocenters. The lowest BCUT2D eigenvalue weighted by Crippen LogP contribution is -2.49. The van der Waals surface area contributed by atoms with Crippen LogP contribution in [-0.4, -0.2) is 76.2 Å². The molecule has 33 heavy (non-hydrogen) atoms. The number of aryl methyl sites for hydroxylation is 1. The van der Waals surface area contributed by atoms with E-state index in [0.717, 1.165) is 63.2 Å². The maximum absolute atomic E-state index is 12.6. The molecule has 0 spiro atoms. The molecule has 1 saturated carbocycles. The van der Waals surface area contributed by atoms with Gasteiger partial charge < -0.3 is 20.1 Å². The molecule has 9 heteroatoms. The van der Waals surface area contributed by atoms with Crippen LogP contribution in [0.3, 0.4) is 0 Å². The van der Waals surface area contributed by atoms with E-state index in [9.17, 15) is 9.90 Å². The van der Waals surface area contributed by atoms with Gasteiger partial charge in [-0.1, -0.05) is 17.7 Å². The van der Waals surface area contributed by atoms with E-state index in [4.69, 9.17) is 16.3 Å². The molecule has 1 aliphatic carbocycles. The Morgan fingerprint density at radius 2 is 2.03 bits per heavy atom. The first-order chi connectivity index (χ1) is 15.9. The van der Waals surface area contributed by atoms with Crippen molar-refractivity contribution in [1.29, 1.82) is 0 Å². The van der Waals surface area contributed by atoms with Gasteiger partial charge in [0.2, 0.25) is 0 Å². The number of rotatable bonds is 10. The molecule has 2 fully saturated rings. The zero-order valence-electron chi connectivity index (χ0n) is 19.5. The summed E-state index contributed by atoms with van der Waals surface area (Å²) in [7, 11) is 1.80. The Bertz CT molecular complexity index is 952. The Morgan fingerprint density at radius 3 is 2.70 bits per heavy atom. The molecule has 0 radical (unpaired) electrons. The number of piperazine rings is 1. The molecule has 8 nitrogen and oxygen atoms in total. The largest absolute Gasteiger partial charge is 0.492 e. The Morgan fingerprint density at radius 1 is 1.27 bits per heavy atom. The summed E-state index contributed by atoms with van der Waals surface area (Å²) in [5.41, 5.74) is 2.51. The third kappa shape index (κ3) is 6.47. The number of benzene rings is 1. The van der Waals surface area contributed by atoms with Crippen molar-refractivity contribution < 1.29 is 14.6 Å². The zero-order valence-corrected chi connectivity index (χ0v) is 20.2. The van der Waals surface area contributed by atoms with Gasteiger partial charge in [-0.3, -0.25) is 14.4 Å². The number of amides is 1. The van der Waals surface area contributed by atoms with Crippen molar-refractivity contribution in [1.82, 2.24) is 24.9 Å². The number of halogens is 1. The van der Waals surface area contributed by atoms with Crippen LogP contribution in [0.1, 0.15) is 53.8 Å². The molecule has 2 aliphatic rings. The summed E-state index contributed by atoms with van der Waals surface area (Å²) >= 11 is 6.41. The van der Waals surface area contributed by atoms with Crippen LogP contribution in [0.25, 0.3) is 0 Å². The molecule has 2 heterocycles. The molecule has 1 unspecified atom stereocenters. The van der Waals surface area contributed by atoms with E-state index in [1.54, 1.807) is 11.7 Å². The fourth-order valence-electron chi connectivity index (χ4n) is 4.16. The quantitative estimate of drug-likeness (QED) is 0.514. The van der Waals surface area contributed by atoms with Crippen molar-refractivity contribution in [3.05, 3.63) is 46.2 Å². The number of nitrogens with one attached hydrogen (secondary N) is 1. The predicted molar refractivity (Wildman–Crippen MR) is 128 cm³/mol. The van der Waals surface area contributed by atoms with E-state index < -0.39 is 0 Å². The SMILES string of the molecule is CC(O)N1CCN(CCCOc2ccc(CNC(=O)c3cc(C4CC4)nn3C)cc2Cl)CC1. The highest BCUT2D eigenvalue weighted by molar-refractivity contribution is 6.32. The highest BCUT2D eigenvalue weighted by Crippen LogP contribution is 2.39. The third-order valence-corrected chi connectivity index (χ3v) is 6.68. The van der Waals surface area contributed by atoms with E-state index in [1.807, 2.05) is 31.2 Å². The Labute approximate surface area is 200 Å². The molecule has 1 aromatic carbocycles. The number of nitrogens with zero attached hydrogens (tertiary/aromatic N) is 4. The van der Waals surface area contributed by atoms with Crippen LogP contribution in [0, 0.1) is 0 Å². The molecule has 1 aliphatic heterocycles. The predicted octanol–water partition coefficient (Wildman–Crippen LogP) is 2.61. The van der Waals surface area contributed by atoms with Crippen LogP contribution in [0.2, 0.25) is 5.02 Å². The number of aromatic nitrogens is 2. The molecular formula is C24H34ClN5O3. The van der Waals surface area contributed by atoms with Crippen LogP contribution in [0.4, 0.5) is 0 Å². The summed E-state index contributed by atoms with van der Waals surface area (Å²) in [6.45, 7) is 7.48. The van der Waals surface area contributed by atoms with Gasteiger partial charge in [0.15, 0.2) is 0 Å². The van der Waals surface area contributed by atoms with Crippen LogP contribution in [-0.2, 0) is 13.6 Å². The fraction of sp³-hybridized carbons (Fsp3) is 0.583. The summed E-state index contributed by atoms with van der Waals surface area (Å²) in [5.74, 6) is 1.04. The minimum absolute atomic E-state index is 0.136. The first-order valence-corrected chi connectivity index (χ1v) is 12.2. The Kier molecular flexibility index (Phi) is 7.90. The maximum Gasteiger partial charge on any atom is 0.269 e. The highest BCUT2D eigenvalue weighted by Gasteiger charge is 2.28. The summed E-state index contributed by atoms with van der Waals surface area (Å²) < 4.78 is 7.53. The van der Waals surface area contributed by atoms with Gasteiger partial charge in [0, 0.05) is 52.2 Å². The molecule has 4 rings (SSSR count). The number of hydrogen-bond acceptors (Lipinski definition) is 6. The summed E-state index contributed by atoms with van der Waals surface area (Å²) in [4.78, 5) is 17.0. The normalized spacial score (nSPS) is 18.3.